The van der Waals surface area contributed by atoms with Gasteiger partial charge in [0.15, 0.2) is 5.78 Å². The minimum absolute atomic E-state index is 0.0696. The smallest absolute Gasteiger partial charge is 0.255 e. The number of carbonyl (C=O) groups is 1. The van der Waals surface area contributed by atoms with Crippen LogP contribution in [0.5, 0.6) is 5.75 Å². The molecule has 0 saturated carbocycles. The van der Waals surface area contributed by atoms with Gasteiger partial charge >= 0.3 is 0 Å². The Hall–Kier alpha value is -3.55. The molecule has 3 aromatic rings. The van der Waals surface area contributed by atoms with Gasteiger partial charge in [0.1, 0.15) is 12.1 Å². The number of benzene rings is 1. The lowest BCUT2D eigenvalue weighted by atomic mass is 9.90. The molecule has 0 aliphatic carbocycles. The molecule has 0 N–H and O–H groups in total. The fourth-order valence-electron chi connectivity index (χ4n) is 3.71. The molecule has 30 heavy (non-hydrogen) atoms. The van der Waals surface area contributed by atoms with Crippen molar-refractivity contribution in [3.63, 3.8) is 0 Å². The average molecular weight is 405 g/mol. The second kappa shape index (κ2) is 7.70. The molecule has 0 amide bonds. The Kier molecular flexibility index (Phi) is 5.07. The normalized spacial score (nSPS) is 14.8. The van der Waals surface area contributed by atoms with Crippen LogP contribution in [-0.2, 0) is 6.54 Å². The number of fused-ring (bicyclic) bond motifs is 1. The Balaban J connectivity index is 1.73. The largest absolute Gasteiger partial charge is 0.497 e. The van der Waals surface area contributed by atoms with Gasteiger partial charge in [0.2, 0.25) is 5.95 Å². The zero-order valence-electron chi connectivity index (χ0n) is 17.2. The molecule has 0 unspecified atom stereocenters. The Labute approximate surface area is 174 Å². The lowest BCUT2D eigenvalue weighted by Gasteiger charge is -2.40. The van der Waals surface area contributed by atoms with E-state index in [2.05, 4.69) is 23.8 Å². The van der Waals surface area contributed by atoms with Crippen LogP contribution in [0, 0.1) is 5.41 Å². The van der Waals surface area contributed by atoms with Gasteiger partial charge in [-0.2, -0.15) is 0 Å². The highest BCUT2D eigenvalue weighted by atomic mass is 16.5. The summed E-state index contributed by atoms with van der Waals surface area (Å²) in [5, 5.41) is 0. The summed E-state index contributed by atoms with van der Waals surface area (Å²) < 4.78 is 6.86. The molecule has 1 aliphatic rings. The maximum Gasteiger partial charge on any atom is 0.255 e. The summed E-state index contributed by atoms with van der Waals surface area (Å²) in [4.78, 5) is 40.6. The Morgan fingerprint density at radius 2 is 2.00 bits per heavy atom. The summed E-state index contributed by atoms with van der Waals surface area (Å²) in [6.45, 7) is 5.38. The minimum Gasteiger partial charge on any atom is -0.497 e. The molecule has 1 aromatic carbocycles. The van der Waals surface area contributed by atoms with Crippen LogP contribution in [0.2, 0.25) is 0 Å². The van der Waals surface area contributed by atoms with Crippen LogP contribution in [0.1, 0.15) is 24.2 Å². The van der Waals surface area contributed by atoms with Gasteiger partial charge in [-0.25, -0.2) is 15.0 Å². The number of anilines is 1. The van der Waals surface area contributed by atoms with Crippen molar-refractivity contribution in [1.29, 1.82) is 0 Å². The first kappa shape index (κ1) is 19.8. The number of ether oxygens (including phenoxy) is 1. The van der Waals surface area contributed by atoms with E-state index in [1.54, 1.807) is 48.2 Å². The molecule has 3 heterocycles. The maximum absolute atomic E-state index is 13.0. The molecular formula is C22H23N5O3. The molecule has 154 valence electrons. The minimum atomic E-state index is -0.191. The number of rotatable bonds is 5. The highest BCUT2D eigenvalue weighted by Gasteiger charge is 2.33. The molecule has 0 fully saturated rings. The van der Waals surface area contributed by atoms with Crippen molar-refractivity contribution in [1.82, 2.24) is 19.5 Å². The van der Waals surface area contributed by atoms with E-state index >= 15 is 0 Å². The number of hydrogen-bond donors (Lipinski definition) is 0. The third-order valence-corrected chi connectivity index (χ3v) is 5.05. The molecule has 2 aromatic heterocycles. The van der Waals surface area contributed by atoms with Crippen LogP contribution < -0.4 is 15.2 Å². The lowest BCUT2D eigenvalue weighted by molar-refractivity contribution is 0.0993. The number of ketones is 1. The van der Waals surface area contributed by atoms with Gasteiger partial charge in [0, 0.05) is 36.3 Å². The SMILES string of the molecule is COc1cccc(C(=O)CN2CC(C)(C)Cn3c2nc(-c2ccncn2)cc3=O)c1. The second-order valence-corrected chi connectivity index (χ2v) is 8.14. The third-order valence-electron chi connectivity index (χ3n) is 5.05. The summed E-state index contributed by atoms with van der Waals surface area (Å²) in [5.41, 5.74) is 1.23. The molecule has 0 bridgehead atoms. The topological polar surface area (TPSA) is 90.2 Å². The quantitative estimate of drug-likeness (QED) is 0.602. The van der Waals surface area contributed by atoms with Crippen LogP contribution in [-0.4, -0.2) is 45.5 Å². The third kappa shape index (κ3) is 3.94. The van der Waals surface area contributed by atoms with E-state index in [0.717, 1.165) is 0 Å². The monoisotopic (exact) mass is 405 g/mol. The van der Waals surface area contributed by atoms with E-state index in [0.29, 0.717) is 41.7 Å². The van der Waals surface area contributed by atoms with Crippen molar-refractivity contribution in [2.75, 3.05) is 25.1 Å². The molecule has 8 nitrogen and oxygen atoms in total. The highest BCUT2D eigenvalue weighted by molar-refractivity contribution is 5.99. The van der Waals surface area contributed by atoms with E-state index in [-0.39, 0.29) is 23.3 Å². The highest BCUT2D eigenvalue weighted by Crippen LogP contribution is 2.30. The van der Waals surface area contributed by atoms with E-state index in [4.69, 9.17) is 9.72 Å². The van der Waals surface area contributed by atoms with Crippen molar-refractivity contribution >= 4 is 11.7 Å². The number of methoxy groups -OCH3 is 1. The van der Waals surface area contributed by atoms with Crippen LogP contribution >= 0.6 is 0 Å². The fraction of sp³-hybridized carbons (Fsp3) is 0.318. The van der Waals surface area contributed by atoms with E-state index in [9.17, 15) is 9.59 Å². The summed E-state index contributed by atoms with van der Waals surface area (Å²) >= 11 is 0. The maximum atomic E-state index is 13.0. The zero-order valence-corrected chi connectivity index (χ0v) is 17.2. The molecule has 0 saturated heterocycles. The van der Waals surface area contributed by atoms with Gasteiger partial charge < -0.3 is 9.64 Å². The molecule has 0 atom stereocenters. The molecular weight excluding hydrogens is 382 g/mol. The van der Waals surface area contributed by atoms with Crippen LogP contribution in [0.4, 0.5) is 5.95 Å². The lowest BCUT2D eigenvalue weighted by Crippen LogP contribution is -2.49. The average Bonchev–Trinajstić information content (AvgIpc) is 2.74. The van der Waals surface area contributed by atoms with E-state index in [1.807, 2.05) is 4.90 Å². The van der Waals surface area contributed by atoms with Crippen molar-refractivity contribution in [3.05, 3.63) is 64.8 Å². The summed E-state index contributed by atoms with van der Waals surface area (Å²) in [6, 6.07) is 10.3. The summed E-state index contributed by atoms with van der Waals surface area (Å²) in [7, 11) is 1.57. The fourth-order valence-corrected chi connectivity index (χ4v) is 3.71. The Bertz CT molecular complexity index is 1140. The van der Waals surface area contributed by atoms with Crippen molar-refractivity contribution < 1.29 is 9.53 Å². The number of carbonyl (C=O) groups excluding carboxylic acids is 1. The van der Waals surface area contributed by atoms with E-state index < -0.39 is 0 Å². The number of nitrogens with zero attached hydrogens (tertiary/aromatic N) is 5. The predicted octanol–water partition coefficient (Wildman–Crippen LogP) is 2.44. The van der Waals surface area contributed by atoms with Crippen LogP contribution in [0.15, 0.2) is 53.7 Å². The van der Waals surface area contributed by atoms with Gasteiger partial charge in [-0.05, 0) is 18.2 Å². The number of aromatic nitrogens is 4. The van der Waals surface area contributed by atoms with E-state index in [1.165, 1.54) is 12.4 Å². The molecule has 1 aliphatic heterocycles. The van der Waals surface area contributed by atoms with Crippen molar-refractivity contribution in [2.45, 2.75) is 20.4 Å². The molecule has 0 radical (unpaired) electrons. The van der Waals surface area contributed by atoms with Gasteiger partial charge in [-0.3, -0.25) is 14.2 Å². The van der Waals surface area contributed by atoms with Gasteiger partial charge in [-0.1, -0.05) is 26.0 Å². The number of hydrogen-bond acceptors (Lipinski definition) is 7. The van der Waals surface area contributed by atoms with Gasteiger partial charge in [0.25, 0.3) is 5.56 Å². The van der Waals surface area contributed by atoms with Gasteiger partial charge in [-0.15, -0.1) is 0 Å². The first-order chi connectivity index (χ1) is 14.4. The predicted molar refractivity (Wildman–Crippen MR) is 113 cm³/mol. The van der Waals surface area contributed by atoms with Crippen molar-refractivity contribution in [3.8, 4) is 17.1 Å². The zero-order chi connectivity index (χ0) is 21.3. The summed E-state index contributed by atoms with van der Waals surface area (Å²) in [6.07, 6.45) is 3.02. The van der Waals surface area contributed by atoms with Crippen LogP contribution in [0.3, 0.4) is 0 Å². The molecule has 8 heteroatoms. The Morgan fingerprint density at radius 1 is 1.17 bits per heavy atom. The Morgan fingerprint density at radius 3 is 2.73 bits per heavy atom. The summed E-state index contributed by atoms with van der Waals surface area (Å²) in [5.74, 6) is 1.03. The standard InChI is InChI=1S/C22H23N5O3/c1-22(2)12-26(11-19(28)15-5-4-6-16(9-15)30-3)21-25-18(10-20(29)27(21)13-22)17-7-8-23-14-24-17/h4-10,14H,11-13H2,1-3H3. The molecule has 0 spiro atoms. The van der Waals surface area contributed by atoms with Crippen molar-refractivity contribution in [2.24, 2.45) is 5.41 Å². The molecule has 4 rings (SSSR count). The van der Waals surface area contributed by atoms with Gasteiger partial charge in [0.05, 0.1) is 25.0 Å². The first-order valence-corrected chi connectivity index (χ1v) is 9.67. The van der Waals surface area contributed by atoms with Crippen LogP contribution in [0.25, 0.3) is 11.4 Å². The second-order valence-electron chi connectivity index (χ2n) is 8.14. The first-order valence-electron chi connectivity index (χ1n) is 9.67. The number of Topliss-reactive ketones (excluding diaryl/α,β-unsaturated/α-hetero) is 1.